The summed E-state index contributed by atoms with van der Waals surface area (Å²) in [6, 6.07) is 0. The second-order valence-electron chi connectivity index (χ2n) is 3.95. The highest BCUT2D eigenvalue weighted by molar-refractivity contribution is 9.10. The smallest absolute Gasteiger partial charge is 0.313 e. The molecule has 0 aromatic carbocycles. The van der Waals surface area contributed by atoms with Crippen molar-refractivity contribution in [3.05, 3.63) is 31.5 Å². The Morgan fingerprint density at radius 2 is 1.94 bits per heavy atom. The maximum atomic E-state index is 11.7. The van der Waals surface area contributed by atoms with Gasteiger partial charge >= 0.3 is 5.69 Å². The highest BCUT2D eigenvalue weighted by atomic mass is 79.9. The third-order valence-electron chi connectivity index (χ3n) is 2.86. The molecular formula is C10H14BrN3O2. The van der Waals surface area contributed by atoms with Gasteiger partial charge in [-0.15, -0.1) is 0 Å². The molecule has 1 fully saturated rings. The number of halogens is 1. The molecule has 0 unspecified atom stereocenters. The van der Waals surface area contributed by atoms with Crippen molar-refractivity contribution in [1.29, 1.82) is 0 Å². The van der Waals surface area contributed by atoms with Gasteiger partial charge in [-0.25, -0.2) is 4.79 Å². The van der Waals surface area contributed by atoms with Crippen molar-refractivity contribution >= 4 is 15.9 Å². The van der Waals surface area contributed by atoms with Crippen LogP contribution in [0, 0.1) is 0 Å². The molecule has 0 spiro atoms. The summed E-state index contributed by atoms with van der Waals surface area (Å²) in [5, 5.41) is 0. The third kappa shape index (κ3) is 2.44. The van der Waals surface area contributed by atoms with E-state index < -0.39 is 0 Å². The lowest BCUT2D eigenvalue weighted by Crippen LogP contribution is -2.38. The number of likely N-dealkylation sites (tertiary alicyclic amines) is 1. The van der Waals surface area contributed by atoms with Gasteiger partial charge in [0, 0.05) is 19.3 Å². The van der Waals surface area contributed by atoms with Crippen molar-refractivity contribution in [1.82, 2.24) is 14.5 Å². The van der Waals surface area contributed by atoms with Crippen LogP contribution in [0.1, 0.15) is 12.8 Å². The first-order chi connectivity index (χ1) is 7.68. The Hall–Kier alpha value is -0.880. The highest BCUT2D eigenvalue weighted by Gasteiger charge is 2.12. The van der Waals surface area contributed by atoms with E-state index in [2.05, 4.69) is 25.8 Å². The van der Waals surface area contributed by atoms with E-state index >= 15 is 0 Å². The van der Waals surface area contributed by atoms with Crippen LogP contribution in [0.25, 0.3) is 0 Å². The zero-order valence-corrected chi connectivity index (χ0v) is 10.5. The summed E-state index contributed by atoms with van der Waals surface area (Å²) >= 11 is 3.12. The maximum absolute atomic E-state index is 11.7. The summed E-state index contributed by atoms with van der Waals surface area (Å²) in [6.45, 7) is 3.36. The van der Waals surface area contributed by atoms with E-state index in [1.807, 2.05) is 0 Å². The van der Waals surface area contributed by atoms with Crippen LogP contribution in [0.4, 0.5) is 0 Å². The largest absolute Gasteiger partial charge is 0.328 e. The van der Waals surface area contributed by atoms with Gasteiger partial charge in [-0.05, 0) is 41.9 Å². The zero-order valence-electron chi connectivity index (χ0n) is 8.91. The van der Waals surface area contributed by atoms with Gasteiger partial charge in [0.1, 0.15) is 0 Å². The van der Waals surface area contributed by atoms with E-state index in [4.69, 9.17) is 0 Å². The lowest BCUT2D eigenvalue weighted by Gasteiger charge is -2.14. The van der Waals surface area contributed by atoms with Crippen molar-refractivity contribution in [3.63, 3.8) is 0 Å². The van der Waals surface area contributed by atoms with Crippen molar-refractivity contribution in [3.8, 4) is 0 Å². The van der Waals surface area contributed by atoms with E-state index in [1.165, 1.54) is 23.6 Å². The van der Waals surface area contributed by atoms with Gasteiger partial charge in [0.15, 0.2) is 0 Å². The second kappa shape index (κ2) is 4.97. The molecule has 6 heteroatoms. The van der Waals surface area contributed by atoms with Crippen molar-refractivity contribution in [2.45, 2.75) is 19.4 Å². The third-order valence-corrected chi connectivity index (χ3v) is 3.42. The highest BCUT2D eigenvalue weighted by Crippen LogP contribution is 2.06. The molecule has 1 aliphatic rings. The molecule has 2 heterocycles. The summed E-state index contributed by atoms with van der Waals surface area (Å²) in [5.74, 6) is 0. The van der Waals surface area contributed by atoms with Crippen LogP contribution in [0.15, 0.2) is 20.3 Å². The first-order valence-electron chi connectivity index (χ1n) is 5.39. The van der Waals surface area contributed by atoms with Gasteiger partial charge < -0.3 is 9.88 Å². The van der Waals surface area contributed by atoms with Gasteiger partial charge in [-0.3, -0.25) is 9.36 Å². The van der Waals surface area contributed by atoms with Crippen LogP contribution in [-0.4, -0.2) is 34.1 Å². The fraction of sp³-hybridized carbons (Fsp3) is 0.600. The van der Waals surface area contributed by atoms with Crippen LogP contribution in [-0.2, 0) is 6.54 Å². The van der Waals surface area contributed by atoms with Crippen LogP contribution in [0.3, 0.4) is 0 Å². The average molecular weight is 288 g/mol. The number of nitrogens with zero attached hydrogens (tertiary/aromatic N) is 2. The quantitative estimate of drug-likeness (QED) is 0.875. The maximum Gasteiger partial charge on any atom is 0.328 e. The fourth-order valence-electron chi connectivity index (χ4n) is 1.94. The SMILES string of the molecule is O=c1[nH]cc(Br)c(=O)n1CCN1CCCC1. The topological polar surface area (TPSA) is 58.1 Å². The summed E-state index contributed by atoms with van der Waals surface area (Å²) < 4.78 is 1.64. The molecule has 0 bridgehead atoms. The number of hydrogen-bond donors (Lipinski definition) is 1. The zero-order chi connectivity index (χ0) is 11.5. The predicted molar refractivity (Wildman–Crippen MR) is 64.7 cm³/mol. The Kier molecular flexibility index (Phi) is 3.60. The Morgan fingerprint density at radius 1 is 1.25 bits per heavy atom. The molecule has 1 saturated heterocycles. The van der Waals surface area contributed by atoms with Crippen molar-refractivity contribution in [2.24, 2.45) is 0 Å². The normalized spacial score (nSPS) is 16.8. The number of aromatic amines is 1. The van der Waals surface area contributed by atoms with Crippen LogP contribution < -0.4 is 11.2 Å². The summed E-state index contributed by atoms with van der Waals surface area (Å²) in [5.41, 5.74) is -0.602. The molecule has 0 saturated carbocycles. The molecule has 1 N–H and O–H groups in total. The minimum atomic E-state index is -0.340. The molecule has 5 nitrogen and oxygen atoms in total. The lowest BCUT2D eigenvalue weighted by molar-refractivity contribution is 0.317. The number of rotatable bonds is 3. The summed E-state index contributed by atoms with van der Waals surface area (Å²) in [6.07, 6.45) is 3.81. The molecule has 2 rings (SSSR count). The predicted octanol–water partition coefficient (Wildman–Crippen LogP) is 0.395. The molecule has 1 aliphatic heterocycles. The summed E-state index contributed by atoms with van der Waals surface area (Å²) in [4.78, 5) is 27.9. The molecule has 0 radical (unpaired) electrons. The molecule has 0 amide bonds. The average Bonchev–Trinajstić information content (AvgIpc) is 2.77. The molecule has 0 atom stereocenters. The van der Waals surface area contributed by atoms with Gasteiger partial charge in [-0.2, -0.15) is 0 Å². The minimum absolute atomic E-state index is 0.261. The van der Waals surface area contributed by atoms with Crippen LogP contribution >= 0.6 is 15.9 Å². The molecule has 0 aliphatic carbocycles. The number of hydrogen-bond acceptors (Lipinski definition) is 3. The second-order valence-corrected chi connectivity index (χ2v) is 4.80. The number of H-pyrrole nitrogens is 1. The first kappa shape index (κ1) is 11.6. The first-order valence-corrected chi connectivity index (χ1v) is 6.18. The van der Waals surface area contributed by atoms with E-state index in [-0.39, 0.29) is 11.2 Å². The Bertz CT molecular complexity index is 474. The van der Waals surface area contributed by atoms with Crippen LogP contribution in [0.5, 0.6) is 0 Å². The Labute approximate surface area is 101 Å². The van der Waals surface area contributed by atoms with Gasteiger partial charge in [0.05, 0.1) is 4.47 Å². The monoisotopic (exact) mass is 287 g/mol. The van der Waals surface area contributed by atoms with E-state index in [0.717, 1.165) is 19.6 Å². The van der Waals surface area contributed by atoms with Crippen molar-refractivity contribution < 1.29 is 0 Å². The van der Waals surface area contributed by atoms with Crippen LogP contribution in [0.2, 0.25) is 0 Å². The lowest BCUT2D eigenvalue weighted by atomic mass is 10.4. The molecule has 1 aromatic rings. The van der Waals surface area contributed by atoms with Crippen molar-refractivity contribution in [2.75, 3.05) is 19.6 Å². The summed E-state index contributed by atoms with van der Waals surface area (Å²) in [7, 11) is 0. The standard InChI is InChI=1S/C10H14BrN3O2/c11-8-7-12-10(16)14(9(8)15)6-5-13-3-1-2-4-13/h7H,1-6H2,(H,12,16). The van der Waals surface area contributed by atoms with E-state index in [1.54, 1.807) is 0 Å². The Balaban J connectivity index is 2.11. The molecule has 88 valence electrons. The fourth-order valence-corrected chi connectivity index (χ4v) is 2.27. The minimum Gasteiger partial charge on any atom is -0.313 e. The van der Waals surface area contributed by atoms with E-state index in [9.17, 15) is 9.59 Å². The van der Waals surface area contributed by atoms with E-state index in [0.29, 0.717) is 11.0 Å². The Morgan fingerprint density at radius 3 is 2.62 bits per heavy atom. The molecule has 16 heavy (non-hydrogen) atoms. The van der Waals surface area contributed by atoms with Gasteiger partial charge in [0.2, 0.25) is 0 Å². The number of aromatic nitrogens is 2. The van der Waals surface area contributed by atoms with Gasteiger partial charge in [-0.1, -0.05) is 0 Å². The molecular weight excluding hydrogens is 274 g/mol. The number of nitrogens with one attached hydrogen (secondary N) is 1. The molecule has 1 aromatic heterocycles. The van der Waals surface area contributed by atoms with Gasteiger partial charge in [0.25, 0.3) is 5.56 Å².